The highest BCUT2D eigenvalue weighted by Gasteiger charge is 2.50. The number of carbonyl (C=O) groups is 2. The summed E-state index contributed by atoms with van der Waals surface area (Å²) in [7, 11) is 3.56. The summed E-state index contributed by atoms with van der Waals surface area (Å²) in [6.07, 6.45) is 0. The number of benzene rings is 2. The lowest BCUT2D eigenvalue weighted by atomic mass is 9.92. The number of ether oxygens (including phenoxy) is 1. The molecule has 6 heteroatoms. The van der Waals surface area contributed by atoms with E-state index in [9.17, 15) is 9.59 Å². The van der Waals surface area contributed by atoms with Crippen molar-refractivity contribution in [3.8, 4) is 5.75 Å². The zero-order valence-electron chi connectivity index (χ0n) is 16.2. The molecule has 2 atom stereocenters. The van der Waals surface area contributed by atoms with Gasteiger partial charge in [0.2, 0.25) is 0 Å². The van der Waals surface area contributed by atoms with Gasteiger partial charge in [0.15, 0.2) is 6.67 Å². The normalized spacial score (nSPS) is 20.5. The maximum Gasteiger partial charge on any atom is 0.329 e. The van der Waals surface area contributed by atoms with Crippen LogP contribution in [0.15, 0.2) is 48.5 Å². The molecule has 142 valence electrons. The van der Waals surface area contributed by atoms with Crippen molar-refractivity contribution < 1.29 is 19.2 Å². The van der Waals surface area contributed by atoms with Crippen LogP contribution in [0.25, 0.3) is 0 Å². The molecule has 1 saturated heterocycles. The van der Waals surface area contributed by atoms with Gasteiger partial charge in [-0.05, 0) is 37.1 Å². The van der Waals surface area contributed by atoms with Crippen molar-refractivity contribution in [2.75, 3.05) is 20.8 Å². The molecule has 1 aliphatic rings. The van der Waals surface area contributed by atoms with E-state index < -0.39 is 5.54 Å². The highest BCUT2D eigenvalue weighted by Crippen LogP contribution is 2.30. The lowest BCUT2D eigenvalue weighted by molar-refractivity contribution is -0.901. The monoisotopic (exact) mass is 368 g/mol. The summed E-state index contributed by atoms with van der Waals surface area (Å²) in [6.45, 7) is 4.84. The lowest BCUT2D eigenvalue weighted by Gasteiger charge is -2.24. The molecule has 2 aromatic rings. The van der Waals surface area contributed by atoms with Gasteiger partial charge >= 0.3 is 6.03 Å². The zero-order chi connectivity index (χ0) is 19.6. The Balaban J connectivity index is 1.76. The molecule has 1 fully saturated rings. The number of hydrogen-bond donors (Lipinski definition) is 2. The van der Waals surface area contributed by atoms with Crippen molar-refractivity contribution in [3.05, 3.63) is 65.2 Å². The molecule has 2 aromatic carbocycles. The molecule has 3 amide bonds. The highest BCUT2D eigenvalue weighted by molar-refractivity contribution is 6.07. The first kappa shape index (κ1) is 18.9. The number of rotatable bonds is 6. The predicted octanol–water partition coefficient (Wildman–Crippen LogP) is 1.44. The van der Waals surface area contributed by atoms with Gasteiger partial charge in [-0.15, -0.1) is 0 Å². The summed E-state index contributed by atoms with van der Waals surface area (Å²) in [5.41, 5.74) is 2.03. The minimum Gasteiger partial charge on any atom is -0.497 e. The molecule has 1 unspecified atom stereocenters. The summed E-state index contributed by atoms with van der Waals surface area (Å²) >= 11 is 0. The van der Waals surface area contributed by atoms with Crippen molar-refractivity contribution in [2.24, 2.45) is 0 Å². The summed E-state index contributed by atoms with van der Waals surface area (Å²) in [5.74, 6) is 0.404. The number of methoxy groups -OCH3 is 1. The van der Waals surface area contributed by atoms with E-state index in [0.29, 0.717) is 18.0 Å². The Labute approximate surface area is 159 Å². The Kier molecular flexibility index (Phi) is 5.19. The van der Waals surface area contributed by atoms with Crippen molar-refractivity contribution in [2.45, 2.75) is 25.9 Å². The number of aryl methyl sites for hydroxylation is 1. The second-order valence-electron chi connectivity index (χ2n) is 7.24. The van der Waals surface area contributed by atoms with Crippen molar-refractivity contribution in [1.29, 1.82) is 0 Å². The Morgan fingerprint density at radius 3 is 2.59 bits per heavy atom. The minimum absolute atomic E-state index is 0.245. The molecule has 6 nitrogen and oxygen atoms in total. The predicted molar refractivity (Wildman–Crippen MR) is 102 cm³/mol. The Morgan fingerprint density at radius 1 is 1.15 bits per heavy atom. The van der Waals surface area contributed by atoms with E-state index in [0.717, 1.165) is 11.4 Å². The van der Waals surface area contributed by atoms with E-state index in [-0.39, 0.29) is 11.9 Å². The molecule has 2 N–H and O–H groups in total. The van der Waals surface area contributed by atoms with Crippen LogP contribution in [0.5, 0.6) is 5.75 Å². The number of amides is 3. The molecular weight excluding hydrogens is 342 g/mol. The average molecular weight is 368 g/mol. The molecule has 0 radical (unpaired) electrons. The molecule has 0 bridgehead atoms. The van der Waals surface area contributed by atoms with Crippen LogP contribution >= 0.6 is 0 Å². The second-order valence-corrected chi connectivity index (χ2v) is 7.24. The third kappa shape index (κ3) is 3.66. The molecule has 0 spiro atoms. The number of quaternary nitrogens is 1. The number of carbonyl (C=O) groups excluding carboxylic acids is 2. The van der Waals surface area contributed by atoms with Crippen LogP contribution in [-0.4, -0.2) is 37.7 Å². The van der Waals surface area contributed by atoms with E-state index in [1.165, 1.54) is 16.0 Å². The summed E-state index contributed by atoms with van der Waals surface area (Å²) in [5, 5.41) is 2.85. The largest absolute Gasteiger partial charge is 0.497 e. The lowest BCUT2D eigenvalue weighted by Crippen LogP contribution is -3.09. The quantitative estimate of drug-likeness (QED) is 0.759. The van der Waals surface area contributed by atoms with Crippen LogP contribution < -0.4 is 15.0 Å². The maximum absolute atomic E-state index is 13.1. The van der Waals surface area contributed by atoms with Gasteiger partial charge < -0.3 is 15.0 Å². The Hall–Kier alpha value is -2.86. The van der Waals surface area contributed by atoms with E-state index in [1.54, 1.807) is 20.1 Å². The first-order valence-corrected chi connectivity index (χ1v) is 8.99. The number of urea groups is 1. The van der Waals surface area contributed by atoms with Gasteiger partial charge in [0.05, 0.1) is 14.2 Å². The fraction of sp³-hybridized carbons (Fsp3) is 0.333. The van der Waals surface area contributed by atoms with E-state index in [1.807, 2.05) is 37.4 Å². The fourth-order valence-corrected chi connectivity index (χ4v) is 3.43. The standard InChI is InChI=1S/C21H25N3O3/c1-15-8-5-6-9-16(15)13-23(3)14-24-19(25)21(2,22-20(24)26)17-10-7-11-18(12-17)27-4/h5-12H,13-14H2,1-4H3,(H,22,26)/p+1/t21-/m1/s1. The van der Waals surface area contributed by atoms with Crippen LogP contribution in [0.2, 0.25) is 0 Å². The Morgan fingerprint density at radius 2 is 1.89 bits per heavy atom. The van der Waals surface area contributed by atoms with E-state index in [2.05, 4.69) is 24.4 Å². The van der Waals surface area contributed by atoms with E-state index >= 15 is 0 Å². The van der Waals surface area contributed by atoms with E-state index in [4.69, 9.17) is 4.74 Å². The van der Waals surface area contributed by atoms with Gasteiger partial charge in [-0.2, -0.15) is 0 Å². The molecule has 1 aliphatic heterocycles. The molecule has 3 rings (SSSR count). The summed E-state index contributed by atoms with van der Waals surface area (Å²) < 4.78 is 5.25. The Bertz CT molecular complexity index is 867. The first-order valence-electron chi connectivity index (χ1n) is 8.99. The number of nitrogens with zero attached hydrogens (tertiary/aromatic N) is 1. The van der Waals surface area contributed by atoms with Crippen LogP contribution in [0.4, 0.5) is 4.79 Å². The number of hydrogen-bond acceptors (Lipinski definition) is 3. The fourth-order valence-electron chi connectivity index (χ4n) is 3.43. The summed E-state index contributed by atoms with van der Waals surface area (Å²) in [6, 6.07) is 15.0. The average Bonchev–Trinajstić information content (AvgIpc) is 2.88. The van der Waals surface area contributed by atoms with Gasteiger partial charge in [0.25, 0.3) is 5.91 Å². The van der Waals surface area contributed by atoms with Crippen LogP contribution in [-0.2, 0) is 16.9 Å². The van der Waals surface area contributed by atoms with Gasteiger partial charge in [-0.1, -0.05) is 36.4 Å². The van der Waals surface area contributed by atoms with Crippen LogP contribution in [0.1, 0.15) is 23.6 Å². The maximum atomic E-state index is 13.1. The third-order valence-corrected chi connectivity index (χ3v) is 5.10. The SMILES string of the molecule is COc1cccc([C@@]2(C)NC(=O)N(C[NH+](C)Cc3ccccc3C)C2=O)c1. The minimum atomic E-state index is -1.09. The van der Waals surface area contributed by atoms with Gasteiger partial charge in [0.1, 0.15) is 17.8 Å². The number of imide groups is 1. The van der Waals surface area contributed by atoms with Gasteiger partial charge in [-0.25, -0.2) is 9.69 Å². The van der Waals surface area contributed by atoms with Crippen LogP contribution in [0, 0.1) is 6.92 Å². The van der Waals surface area contributed by atoms with Crippen molar-refractivity contribution in [1.82, 2.24) is 10.2 Å². The molecule has 1 heterocycles. The van der Waals surface area contributed by atoms with Gasteiger partial charge in [0, 0.05) is 5.56 Å². The molecule has 0 aromatic heterocycles. The van der Waals surface area contributed by atoms with Crippen molar-refractivity contribution in [3.63, 3.8) is 0 Å². The zero-order valence-corrected chi connectivity index (χ0v) is 16.2. The smallest absolute Gasteiger partial charge is 0.329 e. The molecule has 0 aliphatic carbocycles. The first-order chi connectivity index (χ1) is 12.8. The van der Waals surface area contributed by atoms with Gasteiger partial charge in [-0.3, -0.25) is 4.79 Å². The molecular formula is C21H26N3O3+. The molecule has 27 heavy (non-hydrogen) atoms. The second kappa shape index (κ2) is 7.40. The third-order valence-electron chi connectivity index (χ3n) is 5.10. The van der Waals surface area contributed by atoms with Crippen molar-refractivity contribution >= 4 is 11.9 Å². The number of nitrogens with one attached hydrogen (secondary N) is 2. The highest BCUT2D eigenvalue weighted by atomic mass is 16.5. The summed E-state index contributed by atoms with van der Waals surface area (Å²) in [4.78, 5) is 28.0. The van der Waals surface area contributed by atoms with Crippen LogP contribution in [0.3, 0.4) is 0 Å². The molecule has 0 saturated carbocycles. The topological polar surface area (TPSA) is 63.1 Å².